The Balaban J connectivity index is 2.79. The van der Waals surface area contributed by atoms with Crippen LogP contribution >= 0.6 is 0 Å². The number of rotatable bonds is 6. The normalized spacial score (nSPS) is 11.6. The minimum Gasteiger partial charge on any atom is -0.494 e. The van der Waals surface area contributed by atoms with Gasteiger partial charge in [-0.3, -0.25) is 4.79 Å². The second-order valence-corrected chi connectivity index (χ2v) is 4.17. The lowest BCUT2D eigenvalue weighted by atomic mass is 10.2. The molecule has 1 aromatic rings. The molecule has 1 unspecified atom stereocenters. The van der Waals surface area contributed by atoms with Gasteiger partial charge in [0.15, 0.2) is 6.10 Å². The van der Waals surface area contributed by atoms with Crippen LogP contribution in [0.1, 0.15) is 31.1 Å². The van der Waals surface area contributed by atoms with Crippen LogP contribution in [0.15, 0.2) is 18.2 Å². The molecule has 1 rings (SSSR count). The molecule has 0 aromatic heterocycles. The van der Waals surface area contributed by atoms with Crippen molar-refractivity contribution in [2.75, 3.05) is 18.9 Å². The molecule has 0 aliphatic carbocycles. The number of ether oxygens (including phenoxy) is 2. The van der Waals surface area contributed by atoms with Crippen LogP contribution in [0, 0.1) is 0 Å². The number of nitrogens with one attached hydrogen (secondary N) is 1. The van der Waals surface area contributed by atoms with Gasteiger partial charge in [0, 0.05) is 18.3 Å². The molecule has 6 heteroatoms. The molecule has 110 valence electrons. The number of esters is 1. The molecule has 0 radical (unpaired) electrons. The fraction of sp³-hybridized carbons (Fsp3) is 0.429. The van der Waals surface area contributed by atoms with Crippen LogP contribution in [0.3, 0.4) is 0 Å². The van der Waals surface area contributed by atoms with Gasteiger partial charge in [0.25, 0.3) is 5.91 Å². The molecule has 1 amide bonds. The Morgan fingerprint density at radius 2 is 2.00 bits per heavy atom. The molecule has 1 aromatic carbocycles. The van der Waals surface area contributed by atoms with Crippen molar-refractivity contribution in [3.05, 3.63) is 23.8 Å². The van der Waals surface area contributed by atoms with E-state index in [-0.39, 0.29) is 11.5 Å². The minimum atomic E-state index is -0.862. The summed E-state index contributed by atoms with van der Waals surface area (Å²) in [6, 6.07) is 4.63. The second-order valence-electron chi connectivity index (χ2n) is 4.17. The first kappa shape index (κ1) is 15.8. The number of anilines is 1. The van der Waals surface area contributed by atoms with Crippen molar-refractivity contribution in [3.63, 3.8) is 0 Å². The number of carbonyl (C=O) groups is 2. The van der Waals surface area contributed by atoms with Crippen LogP contribution < -0.4 is 15.8 Å². The number of benzene rings is 1. The number of hydrogen-bond acceptors (Lipinski definition) is 5. The molecule has 0 heterocycles. The van der Waals surface area contributed by atoms with Gasteiger partial charge in [0.2, 0.25) is 0 Å². The topological polar surface area (TPSA) is 90.7 Å². The van der Waals surface area contributed by atoms with E-state index in [1.807, 2.05) is 6.92 Å². The Bertz CT molecular complexity index is 488. The van der Waals surface area contributed by atoms with Gasteiger partial charge in [0.05, 0.1) is 12.2 Å². The van der Waals surface area contributed by atoms with E-state index in [1.165, 1.54) is 19.1 Å². The molecule has 0 saturated heterocycles. The number of nitrogens with two attached hydrogens (primary N) is 1. The fourth-order valence-electron chi connectivity index (χ4n) is 1.59. The van der Waals surface area contributed by atoms with Gasteiger partial charge in [-0.2, -0.15) is 0 Å². The predicted octanol–water partition coefficient (Wildman–Crippen LogP) is 1.35. The Hall–Kier alpha value is -2.24. The predicted molar refractivity (Wildman–Crippen MR) is 75.6 cm³/mol. The summed E-state index contributed by atoms with van der Waals surface area (Å²) in [5.41, 5.74) is 6.35. The SMILES string of the molecule is CCNC(=O)C(C)OC(=O)c1cc(N)cc(OCC)c1. The summed E-state index contributed by atoms with van der Waals surface area (Å²) in [4.78, 5) is 23.5. The van der Waals surface area contributed by atoms with E-state index >= 15 is 0 Å². The summed E-state index contributed by atoms with van der Waals surface area (Å²) >= 11 is 0. The number of carbonyl (C=O) groups excluding carboxylic acids is 2. The summed E-state index contributed by atoms with van der Waals surface area (Å²) in [6.45, 7) is 6.08. The maximum atomic E-state index is 12.0. The standard InChI is InChI=1S/C14H20N2O4/c1-4-16-13(17)9(3)20-14(18)10-6-11(15)8-12(7-10)19-5-2/h6-9H,4-5,15H2,1-3H3,(H,16,17). The number of amides is 1. The lowest BCUT2D eigenvalue weighted by molar-refractivity contribution is -0.128. The third-order valence-corrected chi connectivity index (χ3v) is 2.48. The van der Waals surface area contributed by atoms with Crippen LogP contribution in [-0.2, 0) is 9.53 Å². The molecular weight excluding hydrogens is 260 g/mol. The first-order valence-corrected chi connectivity index (χ1v) is 6.50. The number of hydrogen-bond donors (Lipinski definition) is 2. The van der Waals surface area contributed by atoms with E-state index in [0.29, 0.717) is 24.6 Å². The van der Waals surface area contributed by atoms with Gasteiger partial charge in [-0.25, -0.2) is 4.79 Å². The van der Waals surface area contributed by atoms with Crippen molar-refractivity contribution in [2.45, 2.75) is 26.9 Å². The molecule has 0 aliphatic rings. The van der Waals surface area contributed by atoms with Crippen LogP contribution in [-0.4, -0.2) is 31.1 Å². The molecule has 0 bridgehead atoms. The Labute approximate surface area is 118 Å². The second kappa shape index (κ2) is 7.37. The zero-order chi connectivity index (χ0) is 15.1. The molecule has 20 heavy (non-hydrogen) atoms. The first-order chi connectivity index (χ1) is 9.47. The van der Waals surface area contributed by atoms with Crippen LogP contribution in [0.5, 0.6) is 5.75 Å². The van der Waals surface area contributed by atoms with E-state index in [2.05, 4.69) is 5.32 Å². The van der Waals surface area contributed by atoms with Crippen molar-refractivity contribution < 1.29 is 19.1 Å². The monoisotopic (exact) mass is 280 g/mol. The number of nitrogen functional groups attached to an aromatic ring is 1. The Morgan fingerprint density at radius 1 is 1.30 bits per heavy atom. The van der Waals surface area contributed by atoms with Crippen molar-refractivity contribution >= 4 is 17.6 Å². The summed E-state index contributed by atoms with van der Waals surface area (Å²) < 4.78 is 10.4. The summed E-state index contributed by atoms with van der Waals surface area (Å²) in [5, 5.41) is 2.58. The van der Waals surface area contributed by atoms with Crippen LogP contribution in [0.25, 0.3) is 0 Å². The summed E-state index contributed by atoms with van der Waals surface area (Å²) in [6.07, 6.45) is -0.862. The highest BCUT2D eigenvalue weighted by Gasteiger charge is 2.19. The van der Waals surface area contributed by atoms with Gasteiger partial charge in [0.1, 0.15) is 5.75 Å². The van der Waals surface area contributed by atoms with Crippen molar-refractivity contribution in [1.82, 2.24) is 5.32 Å². The largest absolute Gasteiger partial charge is 0.494 e. The molecule has 0 spiro atoms. The van der Waals surface area contributed by atoms with E-state index in [0.717, 1.165) is 0 Å². The average molecular weight is 280 g/mol. The third kappa shape index (κ3) is 4.46. The van der Waals surface area contributed by atoms with Gasteiger partial charge in [-0.1, -0.05) is 0 Å². The highest BCUT2D eigenvalue weighted by molar-refractivity contribution is 5.93. The van der Waals surface area contributed by atoms with Crippen LogP contribution in [0.4, 0.5) is 5.69 Å². The van der Waals surface area contributed by atoms with Gasteiger partial charge in [-0.05, 0) is 32.9 Å². The van der Waals surface area contributed by atoms with Gasteiger partial charge < -0.3 is 20.5 Å². The minimum absolute atomic E-state index is 0.254. The maximum absolute atomic E-state index is 12.0. The first-order valence-electron chi connectivity index (χ1n) is 6.50. The zero-order valence-corrected chi connectivity index (χ0v) is 11.9. The van der Waals surface area contributed by atoms with Gasteiger partial charge >= 0.3 is 5.97 Å². The molecule has 1 atom stereocenters. The molecule has 3 N–H and O–H groups in total. The molecule has 6 nitrogen and oxygen atoms in total. The lowest BCUT2D eigenvalue weighted by Gasteiger charge is -2.13. The summed E-state index contributed by atoms with van der Waals surface area (Å²) in [5.74, 6) is -0.461. The van der Waals surface area contributed by atoms with E-state index in [4.69, 9.17) is 15.2 Å². The third-order valence-electron chi connectivity index (χ3n) is 2.48. The van der Waals surface area contributed by atoms with Crippen molar-refractivity contribution in [1.29, 1.82) is 0 Å². The van der Waals surface area contributed by atoms with E-state index in [1.54, 1.807) is 13.0 Å². The van der Waals surface area contributed by atoms with E-state index < -0.39 is 12.1 Å². The van der Waals surface area contributed by atoms with Gasteiger partial charge in [-0.15, -0.1) is 0 Å². The van der Waals surface area contributed by atoms with E-state index in [9.17, 15) is 9.59 Å². The molecule has 0 saturated carbocycles. The number of likely N-dealkylation sites (N-methyl/N-ethyl adjacent to an activating group) is 1. The Kier molecular flexibility index (Phi) is 5.83. The molecule has 0 fully saturated rings. The molecular formula is C14H20N2O4. The quantitative estimate of drug-likeness (QED) is 0.606. The highest BCUT2D eigenvalue weighted by Crippen LogP contribution is 2.20. The zero-order valence-electron chi connectivity index (χ0n) is 11.9. The fourth-order valence-corrected chi connectivity index (χ4v) is 1.59. The lowest BCUT2D eigenvalue weighted by Crippen LogP contribution is -2.35. The average Bonchev–Trinajstić information content (AvgIpc) is 2.38. The smallest absolute Gasteiger partial charge is 0.339 e. The Morgan fingerprint density at radius 3 is 2.60 bits per heavy atom. The summed E-state index contributed by atoms with van der Waals surface area (Å²) in [7, 11) is 0. The highest BCUT2D eigenvalue weighted by atomic mass is 16.5. The van der Waals surface area contributed by atoms with Crippen LogP contribution in [0.2, 0.25) is 0 Å². The van der Waals surface area contributed by atoms with Crippen molar-refractivity contribution in [2.24, 2.45) is 0 Å². The maximum Gasteiger partial charge on any atom is 0.339 e. The van der Waals surface area contributed by atoms with Crippen molar-refractivity contribution in [3.8, 4) is 5.75 Å². The molecule has 0 aliphatic heterocycles.